The molecular weight excluding hydrogens is 449 g/mol. The fraction of sp³-hybridized carbons (Fsp3) is 0.385. The number of alkyl halides is 4. The number of halogens is 6. The fourth-order valence-corrected chi connectivity index (χ4v) is 6.40. The molecule has 126 valence electrons. The molecule has 0 radical (unpaired) electrons. The Labute approximate surface area is 163 Å². The minimum absolute atomic E-state index is 0.0796. The number of hydrogen-bond acceptors (Lipinski definition) is 2. The van der Waals surface area contributed by atoms with Crippen molar-refractivity contribution in [2.24, 2.45) is 0 Å². The molecule has 0 aliphatic heterocycles. The van der Waals surface area contributed by atoms with E-state index < -0.39 is 30.1 Å². The van der Waals surface area contributed by atoms with E-state index in [2.05, 4.69) is 0 Å². The van der Waals surface area contributed by atoms with Gasteiger partial charge in [-0.15, -0.1) is 23.2 Å². The van der Waals surface area contributed by atoms with E-state index in [-0.39, 0.29) is 21.4 Å². The zero-order chi connectivity index (χ0) is 17.4. The Hall–Kier alpha value is 0.610. The Morgan fingerprint density at radius 2 is 1.52 bits per heavy atom. The molecule has 1 aromatic carbocycles. The van der Waals surface area contributed by atoms with E-state index in [1.807, 2.05) is 0 Å². The van der Waals surface area contributed by atoms with Crippen LogP contribution in [-0.2, 0) is 10.1 Å². The molecule has 2 aliphatic carbocycles. The summed E-state index contributed by atoms with van der Waals surface area (Å²) in [5, 5.41) is 0.197. The quantitative estimate of drug-likeness (QED) is 0.488. The van der Waals surface area contributed by atoms with E-state index in [4.69, 9.17) is 74.2 Å². The molecule has 1 saturated carbocycles. The maximum Gasteiger partial charge on any atom is 0.294 e. The second-order valence-electron chi connectivity index (χ2n) is 5.52. The van der Waals surface area contributed by atoms with Gasteiger partial charge in [-0.05, 0) is 24.1 Å². The highest BCUT2D eigenvalue weighted by Crippen LogP contribution is 2.76. The molecular formula is C13H8Cl6O3S. The molecule has 10 heteroatoms. The Bertz CT molecular complexity index is 819. The number of fused-ring (bicyclic) bond motifs is 2. The van der Waals surface area contributed by atoms with Crippen molar-refractivity contribution in [3.8, 4) is 0 Å². The zero-order valence-corrected chi connectivity index (χ0v) is 16.4. The maximum absolute atomic E-state index is 11.1. The van der Waals surface area contributed by atoms with Gasteiger partial charge < -0.3 is 0 Å². The maximum atomic E-state index is 11.1. The second kappa shape index (κ2) is 5.31. The summed E-state index contributed by atoms with van der Waals surface area (Å²) >= 11 is 38.4. The van der Waals surface area contributed by atoms with E-state index in [9.17, 15) is 8.42 Å². The van der Waals surface area contributed by atoms with Gasteiger partial charge in [-0.25, -0.2) is 0 Å². The summed E-state index contributed by atoms with van der Waals surface area (Å²) in [7, 11) is -4.29. The number of rotatable bonds is 2. The molecule has 0 spiro atoms. The minimum atomic E-state index is -4.29. The monoisotopic (exact) mass is 454 g/mol. The van der Waals surface area contributed by atoms with Gasteiger partial charge in [0.15, 0.2) is 4.33 Å². The highest BCUT2D eigenvalue weighted by molar-refractivity contribution is 7.85. The Morgan fingerprint density at radius 1 is 1.00 bits per heavy atom. The van der Waals surface area contributed by atoms with E-state index in [0.29, 0.717) is 5.56 Å². The van der Waals surface area contributed by atoms with Crippen molar-refractivity contribution in [3.63, 3.8) is 0 Å². The molecule has 2 aliphatic rings. The third-order valence-electron chi connectivity index (χ3n) is 4.36. The topological polar surface area (TPSA) is 54.4 Å². The van der Waals surface area contributed by atoms with Gasteiger partial charge >= 0.3 is 0 Å². The van der Waals surface area contributed by atoms with Crippen LogP contribution in [0.5, 0.6) is 0 Å². The number of hydrogen-bond donors (Lipinski definition) is 1. The number of allylic oxidation sites excluding steroid dienone is 2. The van der Waals surface area contributed by atoms with Crippen LogP contribution in [0.25, 0.3) is 0 Å². The van der Waals surface area contributed by atoms with Gasteiger partial charge in [-0.3, -0.25) is 4.55 Å². The Balaban J connectivity index is 2.11. The van der Waals surface area contributed by atoms with Crippen LogP contribution in [-0.4, -0.2) is 27.1 Å². The van der Waals surface area contributed by atoms with Crippen LogP contribution in [0, 0.1) is 0 Å². The molecule has 3 unspecified atom stereocenters. The summed E-state index contributed by atoms with van der Waals surface area (Å²) in [6.45, 7) is 0. The van der Waals surface area contributed by atoms with E-state index in [1.165, 1.54) is 24.3 Å². The first-order valence-corrected chi connectivity index (χ1v) is 9.97. The molecule has 0 aromatic heterocycles. The van der Waals surface area contributed by atoms with Gasteiger partial charge in [0, 0.05) is 5.92 Å². The summed E-state index contributed by atoms with van der Waals surface area (Å²) in [5.41, 5.74) is 0.628. The summed E-state index contributed by atoms with van der Waals surface area (Å²) in [4.78, 5) is -3.00. The SMILES string of the molecule is O=S(=O)(O)c1ccc(C2CC3(Cl)C(Cl)=C(Cl)C2(Cl)C3(Cl)Cl)cc1. The molecule has 3 atom stereocenters. The average Bonchev–Trinajstić information content (AvgIpc) is 2.68. The fourth-order valence-electron chi connectivity index (χ4n) is 3.13. The standard InChI is InChI=1S/C13H8Cl6O3S/c14-9-10(15)12(17)8(5-11(9,16)13(12,18)19)6-1-3-7(4-2-6)23(20,21)22/h1-4,8H,5H2,(H,20,21,22). The highest BCUT2D eigenvalue weighted by Gasteiger charge is 2.78. The van der Waals surface area contributed by atoms with E-state index in [0.717, 1.165) is 0 Å². The van der Waals surface area contributed by atoms with Crippen molar-refractivity contribution in [1.29, 1.82) is 0 Å². The third-order valence-corrected chi connectivity index (χ3v) is 9.51. The summed E-state index contributed by atoms with van der Waals surface area (Å²) in [6, 6.07) is 5.50. The van der Waals surface area contributed by atoms with Crippen LogP contribution < -0.4 is 0 Å². The Kier molecular flexibility index (Phi) is 4.25. The van der Waals surface area contributed by atoms with Crippen molar-refractivity contribution < 1.29 is 13.0 Å². The first kappa shape index (κ1) is 18.4. The van der Waals surface area contributed by atoms with E-state index in [1.54, 1.807) is 0 Å². The highest BCUT2D eigenvalue weighted by atomic mass is 35.5. The van der Waals surface area contributed by atoms with Crippen molar-refractivity contribution in [1.82, 2.24) is 0 Å². The largest absolute Gasteiger partial charge is 0.294 e. The van der Waals surface area contributed by atoms with Gasteiger partial charge in [0.1, 0.15) is 9.75 Å². The lowest BCUT2D eigenvalue weighted by Gasteiger charge is -2.34. The molecule has 3 nitrogen and oxygen atoms in total. The lowest BCUT2D eigenvalue weighted by Crippen LogP contribution is -2.43. The minimum Gasteiger partial charge on any atom is -0.282 e. The van der Waals surface area contributed by atoms with Gasteiger partial charge in [-0.1, -0.05) is 58.5 Å². The van der Waals surface area contributed by atoms with E-state index >= 15 is 0 Å². The third kappa shape index (κ3) is 2.23. The smallest absolute Gasteiger partial charge is 0.282 e. The Morgan fingerprint density at radius 3 is 1.91 bits per heavy atom. The predicted molar refractivity (Wildman–Crippen MR) is 94.0 cm³/mol. The second-order valence-corrected chi connectivity index (χ2v) is 10.3. The first-order valence-electron chi connectivity index (χ1n) is 6.26. The molecule has 0 heterocycles. The summed E-state index contributed by atoms with van der Waals surface area (Å²) in [5.74, 6) is -0.484. The van der Waals surface area contributed by atoms with Crippen LogP contribution >= 0.6 is 69.6 Å². The lowest BCUT2D eigenvalue weighted by molar-refractivity contribution is 0.483. The molecule has 1 aromatic rings. The normalized spacial score (nSPS) is 35.9. The van der Waals surface area contributed by atoms with Crippen molar-refractivity contribution in [2.45, 2.75) is 31.3 Å². The van der Waals surface area contributed by atoms with Gasteiger partial charge in [0.2, 0.25) is 0 Å². The van der Waals surface area contributed by atoms with Gasteiger partial charge in [-0.2, -0.15) is 8.42 Å². The van der Waals surface area contributed by atoms with Crippen molar-refractivity contribution in [2.75, 3.05) is 0 Å². The molecule has 1 N–H and O–H groups in total. The first-order chi connectivity index (χ1) is 10.4. The predicted octanol–water partition coefficient (Wildman–Crippen LogP) is 5.25. The lowest BCUT2D eigenvalue weighted by atomic mass is 9.86. The zero-order valence-electron chi connectivity index (χ0n) is 11.0. The van der Waals surface area contributed by atoms with Crippen LogP contribution in [0.4, 0.5) is 0 Å². The summed E-state index contributed by atoms with van der Waals surface area (Å²) < 4.78 is 29.7. The average molecular weight is 457 g/mol. The molecule has 0 amide bonds. The molecule has 2 bridgehead atoms. The van der Waals surface area contributed by atoms with Crippen LogP contribution in [0.1, 0.15) is 17.9 Å². The molecule has 3 rings (SSSR count). The number of benzene rings is 1. The van der Waals surface area contributed by atoms with Crippen LogP contribution in [0.15, 0.2) is 39.2 Å². The van der Waals surface area contributed by atoms with Crippen LogP contribution in [0.3, 0.4) is 0 Å². The van der Waals surface area contributed by atoms with Crippen molar-refractivity contribution in [3.05, 3.63) is 39.9 Å². The molecule has 23 heavy (non-hydrogen) atoms. The van der Waals surface area contributed by atoms with Crippen molar-refractivity contribution >= 4 is 79.7 Å². The summed E-state index contributed by atoms with van der Waals surface area (Å²) in [6.07, 6.45) is 0.228. The van der Waals surface area contributed by atoms with Crippen LogP contribution in [0.2, 0.25) is 0 Å². The van der Waals surface area contributed by atoms with Gasteiger partial charge in [0.25, 0.3) is 10.1 Å². The molecule has 1 fully saturated rings. The van der Waals surface area contributed by atoms with Gasteiger partial charge in [0.05, 0.1) is 15.0 Å². The molecule has 0 saturated heterocycles.